The van der Waals surface area contributed by atoms with Crippen LogP contribution in [0, 0.1) is 0 Å². The van der Waals surface area contributed by atoms with Crippen molar-refractivity contribution in [3.8, 4) is 0 Å². The highest BCUT2D eigenvalue weighted by Gasteiger charge is 2.23. The molecule has 0 aliphatic rings. The van der Waals surface area contributed by atoms with Gasteiger partial charge in [-0.1, -0.05) is 89.9 Å². The van der Waals surface area contributed by atoms with Gasteiger partial charge in [-0.15, -0.1) is 11.8 Å². The summed E-state index contributed by atoms with van der Waals surface area (Å²) in [6, 6.07) is 35.3. The molecule has 0 saturated carbocycles. The Morgan fingerprint density at radius 2 is 1.40 bits per heavy atom. The number of benzene rings is 4. The van der Waals surface area contributed by atoms with E-state index in [2.05, 4.69) is 20.9 Å². The number of carbonyl (C=O) groups is 3. The summed E-state index contributed by atoms with van der Waals surface area (Å²) in [5, 5.41) is 8.44. The molecule has 0 bridgehead atoms. The summed E-state index contributed by atoms with van der Waals surface area (Å²) in [5.74, 6) is -0.871. The van der Waals surface area contributed by atoms with Crippen molar-refractivity contribution in [1.82, 2.24) is 10.3 Å². The van der Waals surface area contributed by atoms with Crippen LogP contribution in [-0.2, 0) is 9.59 Å². The maximum absolute atomic E-state index is 13.6. The third kappa shape index (κ3) is 8.61. The van der Waals surface area contributed by atoms with Crippen molar-refractivity contribution in [2.24, 2.45) is 0 Å². The molecule has 0 fully saturated rings. The monoisotopic (exact) mass is 652 g/mol. The molecule has 45 heavy (non-hydrogen) atoms. The fourth-order valence-corrected chi connectivity index (χ4v) is 5.84. The molecule has 4 aromatic carbocycles. The van der Waals surface area contributed by atoms with Gasteiger partial charge in [-0.3, -0.25) is 14.4 Å². The molecule has 1 unspecified atom stereocenters. The van der Waals surface area contributed by atoms with Crippen LogP contribution in [0.25, 0.3) is 6.08 Å². The molecule has 10 heteroatoms. The predicted octanol–water partition coefficient (Wildman–Crippen LogP) is 8.27. The minimum absolute atomic E-state index is 0.0613. The third-order valence-corrected chi connectivity index (χ3v) is 8.33. The average Bonchev–Trinajstić information content (AvgIpc) is 3.06. The van der Waals surface area contributed by atoms with Crippen molar-refractivity contribution < 1.29 is 14.4 Å². The van der Waals surface area contributed by atoms with Crippen molar-refractivity contribution in [2.45, 2.75) is 10.1 Å². The molecule has 3 N–H and O–H groups in total. The number of anilines is 2. The number of hydrogen-bond donors (Lipinski definition) is 3. The topological polar surface area (TPSA) is 100 Å². The van der Waals surface area contributed by atoms with Crippen LogP contribution in [0.4, 0.5) is 11.5 Å². The lowest BCUT2D eigenvalue weighted by atomic mass is 10.1. The lowest BCUT2D eigenvalue weighted by molar-refractivity contribution is -0.116. The molecule has 5 aromatic rings. The highest BCUT2D eigenvalue weighted by molar-refractivity contribution is 8.00. The van der Waals surface area contributed by atoms with Crippen LogP contribution in [0.1, 0.15) is 26.7 Å². The number of nitrogens with one attached hydrogen (secondary N) is 3. The molecule has 0 aliphatic carbocycles. The normalized spacial score (nSPS) is 11.7. The van der Waals surface area contributed by atoms with Crippen LogP contribution in [0.5, 0.6) is 0 Å². The molecular weight excluding hydrogens is 627 g/mol. The van der Waals surface area contributed by atoms with E-state index in [0.717, 1.165) is 10.5 Å². The van der Waals surface area contributed by atoms with Gasteiger partial charge in [0.1, 0.15) is 16.8 Å². The van der Waals surface area contributed by atoms with E-state index < -0.39 is 17.1 Å². The molecule has 0 radical (unpaired) electrons. The van der Waals surface area contributed by atoms with Crippen LogP contribution in [0.15, 0.2) is 138 Å². The van der Waals surface area contributed by atoms with E-state index in [0.29, 0.717) is 32.7 Å². The van der Waals surface area contributed by atoms with Crippen LogP contribution >= 0.6 is 35.0 Å². The zero-order valence-corrected chi connectivity index (χ0v) is 25.9. The van der Waals surface area contributed by atoms with Gasteiger partial charge in [0, 0.05) is 38.0 Å². The summed E-state index contributed by atoms with van der Waals surface area (Å²) in [4.78, 5) is 45.0. The van der Waals surface area contributed by atoms with Gasteiger partial charge in [0.25, 0.3) is 11.8 Å². The molecule has 0 aliphatic heterocycles. The van der Waals surface area contributed by atoms with Crippen LogP contribution in [-0.4, -0.2) is 22.7 Å². The molecule has 1 atom stereocenters. The quantitative estimate of drug-likeness (QED) is 0.104. The first-order valence-corrected chi connectivity index (χ1v) is 15.4. The molecule has 3 amide bonds. The summed E-state index contributed by atoms with van der Waals surface area (Å²) in [6.45, 7) is 0. The zero-order chi connectivity index (χ0) is 31.6. The third-order valence-electron chi connectivity index (χ3n) is 6.42. The van der Waals surface area contributed by atoms with Gasteiger partial charge in [-0.2, -0.15) is 0 Å². The first kappa shape index (κ1) is 31.5. The fraction of sp³-hybridized carbons (Fsp3) is 0.0286. The molecule has 1 heterocycles. The van der Waals surface area contributed by atoms with Gasteiger partial charge < -0.3 is 16.0 Å². The average molecular weight is 654 g/mol. The van der Waals surface area contributed by atoms with Crippen molar-refractivity contribution in [3.63, 3.8) is 0 Å². The van der Waals surface area contributed by atoms with E-state index in [1.165, 1.54) is 17.8 Å². The van der Waals surface area contributed by atoms with Crippen LogP contribution < -0.4 is 16.0 Å². The molecule has 5 rings (SSSR count). The van der Waals surface area contributed by atoms with Gasteiger partial charge in [-0.25, -0.2) is 4.98 Å². The lowest BCUT2D eigenvalue weighted by Crippen LogP contribution is -2.30. The SMILES string of the molecule is O=C(Nc1cccc(SC(C(=O)Nc2ccccn2)c2ccccc2)c1)/C(=C\c1c(Cl)cccc1Cl)NC(=O)c1ccccc1. The van der Waals surface area contributed by atoms with Gasteiger partial charge >= 0.3 is 0 Å². The van der Waals surface area contributed by atoms with Gasteiger partial charge in [0.15, 0.2) is 0 Å². The van der Waals surface area contributed by atoms with E-state index in [9.17, 15) is 14.4 Å². The second-order valence-electron chi connectivity index (χ2n) is 9.61. The van der Waals surface area contributed by atoms with E-state index in [-0.39, 0.29) is 11.6 Å². The number of thioether (sulfide) groups is 1. The number of pyridine rings is 1. The Labute approximate surface area is 274 Å². The van der Waals surface area contributed by atoms with Crippen LogP contribution in [0.2, 0.25) is 10.0 Å². The van der Waals surface area contributed by atoms with E-state index in [1.54, 1.807) is 91.1 Å². The van der Waals surface area contributed by atoms with Crippen LogP contribution in [0.3, 0.4) is 0 Å². The highest BCUT2D eigenvalue weighted by atomic mass is 35.5. The molecule has 0 spiro atoms. The first-order chi connectivity index (χ1) is 21.9. The minimum Gasteiger partial charge on any atom is -0.321 e. The van der Waals surface area contributed by atoms with E-state index in [4.69, 9.17) is 23.2 Å². The molecule has 224 valence electrons. The van der Waals surface area contributed by atoms with Gasteiger partial charge in [-0.05, 0) is 66.2 Å². The lowest BCUT2D eigenvalue weighted by Gasteiger charge is -2.17. The summed E-state index contributed by atoms with van der Waals surface area (Å²) in [7, 11) is 0. The summed E-state index contributed by atoms with van der Waals surface area (Å²) in [5.41, 5.74) is 1.95. The standard InChI is InChI=1S/C35H26Cl2N4O3S/c36-28-17-10-18-29(37)27(28)22-30(40-33(42)24-13-5-2-6-14-24)34(43)39-25-15-9-16-26(21-25)45-32(23-11-3-1-4-12-23)35(44)41-31-19-7-8-20-38-31/h1-22,32H,(H,39,43)(H,40,42)(H,38,41,44)/b30-22+. The first-order valence-electron chi connectivity index (χ1n) is 13.7. The Bertz CT molecular complexity index is 1820. The highest BCUT2D eigenvalue weighted by Crippen LogP contribution is 2.37. The number of rotatable bonds is 10. The number of amides is 3. The van der Waals surface area contributed by atoms with Crippen molar-refractivity contribution >= 4 is 70.3 Å². The molecule has 1 aromatic heterocycles. The Hall–Kier alpha value is -4.89. The second kappa shape index (κ2) is 15.2. The summed E-state index contributed by atoms with van der Waals surface area (Å²) >= 11 is 14.1. The fourth-order valence-electron chi connectivity index (χ4n) is 4.25. The van der Waals surface area contributed by atoms with Crippen molar-refractivity contribution in [3.05, 3.63) is 160 Å². The van der Waals surface area contributed by atoms with Gasteiger partial charge in [0.05, 0.1) is 0 Å². The Balaban J connectivity index is 1.40. The van der Waals surface area contributed by atoms with Crippen molar-refractivity contribution in [2.75, 3.05) is 10.6 Å². The largest absolute Gasteiger partial charge is 0.321 e. The second-order valence-corrected chi connectivity index (χ2v) is 11.6. The number of nitrogens with zero attached hydrogens (tertiary/aromatic N) is 1. The Kier molecular flexibility index (Phi) is 10.7. The molecule has 0 saturated heterocycles. The summed E-state index contributed by atoms with van der Waals surface area (Å²) in [6.07, 6.45) is 3.05. The number of carbonyl (C=O) groups excluding carboxylic acids is 3. The Morgan fingerprint density at radius 1 is 0.733 bits per heavy atom. The number of halogens is 2. The maximum atomic E-state index is 13.6. The molecule has 7 nitrogen and oxygen atoms in total. The maximum Gasteiger partial charge on any atom is 0.272 e. The minimum atomic E-state index is -0.609. The molecular formula is C35H26Cl2N4O3S. The van der Waals surface area contributed by atoms with E-state index in [1.807, 2.05) is 36.4 Å². The van der Waals surface area contributed by atoms with Crippen molar-refractivity contribution in [1.29, 1.82) is 0 Å². The van der Waals surface area contributed by atoms with Gasteiger partial charge in [0.2, 0.25) is 5.91 Å². The summed E-state index contributed by atoms with van der Waals surface area (Å²) < 4.78 is 0. The van der Waals surface area contributed by atoms with E-state index >= 15 is 0 Å². The number of aromatic nitrogens is 1. The zero-order valence-electron chi connectivity index (χ0n) is 23.6. The Morgan fingerprint density at radius 3 is 2.09 bits per heavy atom. The smallest absolute Gasteiger partial charge is 0.272 e. The number of hydrogen-bond acceptors (Lipinski definition) is 5. The predicted molar refractivity (Wildman–Crippen MR) is 181 cm³/mol.